The standard InChI is InChI=1S/C21H32O5/c1-19-7-5-13(23)9-12(19)3-4-14-15-6-8-21(26,17(25)11-22)20(15,2)10-16(24)18(14)19/h12,14-15,17-18,22,25-26H,3-11H2,1-2H3/t12-,14+,15+,17?,18-,19+,20+,21+/m1/s1. The maximum Gasteiger partial charge on any atom is 0.137 e. The zero-order chi connectivity index (χ0) is 18.9. The van der Waals surface area contributed by atoms with Gasteiger partial charge >= 0.3 is 0 Å². The van der Waals surface area contributed by atoms with Gasteiger partial charge in [0.15, 0.2) is 0 Å². The average molecular weight is 364 g/mol. The third-order valence-corrected chi connectivity index (χ3v) is 9.11. The lowest BCUT2D eigenvalue weighted by molar-refractivity contribution is -0.195. The van der Waals surface area contributed by atoms with E-state index in [1.54, 1.807) is 0 Å². The minimum absolute atomic E-state index is 0.0268. The van der Waals surface area contributed by atoms with E-state index in [-0.39, 0.29) is 35.4 Å². The van der Waals surface area contributed by atoms with E-state index >= 15 is 0 Å². The van der Waals surface area contributed by atoms with Crippen LogP contribution in [0.25, 0.3) is 0 Å². The number of carbonyl (C=O) groups is 2. The van der Waals surface area contributed by atoms with Gasteiger partial charge in [-0.05, 0) is 55.3 Å². The molecule has 4 saturated carbocycles. The Bertz CT molecular complexity index is 632. The van der Waals surface area contributed by atoms with Crippen LogP contribution in [0.5, 0.6) is 0 Å². The monoisotopic (exact) mass is 364 g/mol. The van der Waals surface area contributed by atoms with Gasteiger partial charge in [0.05, 0.1) is 12.2 Å². The number of carbonyl (C=O) groups excluding carboxylic acids is 2. The molecular formula is C21H32O5. The Kier molecular flexibility index (Phi) is 4.18. The third-order valence-electron chi connectivity index (χ3n) is 9.11. The molecule has 3 N–H and O–H groups in total. The molecule has 5 heteroatoms. The number of aliphatic hydroxyl groups excluding tert-OH is 2. The van der Waals surface area contributed by atoms with Gasteiger partial charge in [0.2, 0.25) is 0 Å². The van der Waals surface area contributed by atoms with Crippen LogP contribution in [0.15, 0.2) is 0 Å². The van der Waals surface area contributed by atoms with E-state index in [9.17, 15) is 24.9 Å². The van der Waals surface area contributed by atoms with E-state index < -0.39 is 23.7 Å². The molecule has 0 aromatic heterocycles. The smallest absolute Gasteiger partial charge is 0.137 e. The van der Waals surface area contributed by atoms with Crippen LogP contribution in [0, 0.1) is 34.5 Å². The van der Waals surface area contributed by atoms with Crippen molar-refractivity contribution in [2.24, 2.45) is 34.5 Å². The Morgan fingerprint density at radius 1 is 1.15 bits per heavy atom. The largest absolute Gasteiger partial charge is 0.394 e. The van der Waals surface area contributed by atoms with E-state index in [1.807, 2.05) is 6.92 Å². The molecule has 0 bridgehead atoms. The lowest BCUT2D eigenvalue weighted by atomic mass is 9.44. The molecule has 26 heavy (non-hydrogen) atoms. The second kappa shape index (κ2) is 5.86. The Balaban J connectivity index is 1.70. The van der Waals surface area contributed by atoms with Gasteiger partial charge in [-0.2, -0.15) is 0 Å². The van der Waals surface area contributed by atoms with Crippen LogP contribution in [-0.2, 0) is 9.59 Å². The predicted molar refractivity (Wildman–Crippen MR) is 95.2 cm³/mol. The van der Waals surface area contributed by atoms with E-state index in [1.165, 1.54) is 0 Å². The van der Waals surface area contributed by atoms with Crippen LogP contribution in [0.3, 0.4) is 0 Å². The molecule has 0 aromatic carbocycles. The predicted octanol–water partition coefficient (Wildman–Crippen LogP) is 1.86. The molecule has 0 spiro atoms. The van der Waals surface area contributed by atoms with Crippen LogP contribution in [0.4, 0.5) is 0 Å². The van der Waals surface area contributed by atoms with Gasteiger partial charge in [-0.3, -0.25) is 9.59 Å². The van der Waals surface area contributed by atoms with Crippen molar-refractivity contribution in [2.75, 3.05) is 6.61 Å². The highest BCUT2D eigenvalue weighted by Gasteiger charge is 2.68. The van der Waals surface area contributed by atoms with E-state index in [0.717, 1.165) is 25.7 Å². The van der Waals surface area contributed by atoms with Crippen molar-refractivity contribution < 1.29 is 24.9 Å². The summed E-state index contributed by atoms with van der Waals surface area (Å²) in [6.45, 7) is 3.67. The molecule has 146 valence electrons. The molecule has 4 aliphatic rings. The fourth-order valence-electron chi connectivity index (χ4n) is 7.60. The SMILES string of the molecule is C[C@]12CCC(=O)C[C@H]1CC[C@@H]1[C@@H]2C(=O)C[C@@]2(C)[C@H]1CC[C@]2(O)C(O)CO. The van der Waals surface area contributed by atoms with Crippen molar-refractivity contribution in [1.82, 2.24) is 0 Å². The first-order valence-corrected chi connectivity index (χ1v) is 10.2. The van der Waals surface area contributed by atoms with Crippen LogP contribution in [0.2, 0.25) is 0 Å². The van der Waals surface area contributed by atoms with Crippen LogP contribution < -0.4 is 0 Å². The zero-order valence-corrected chi connectivity index (χ0v) is 15.9. The number of ketones is 2. The molecule has 0 heterocycles. The number of Topliss-reactive ketones (excluding diaryl/α,β-unsaturated/α-hetero) is 2. The molecule has 4 fully saturated rings. The van der Waals surface area contributed by atoms with Gasteiger partial charge in [0, 0.05) is 30.6 Å². The normalized spacial score (nSPS) is 52.2. The fraction of sp³-hybridized carbons (Fsp3) is 0.905. The van der Waals surface area contributed by atoms with E-state index in [4.69, 9.17) is 0 Å². The first-order chi connectivity index (χ1) is 12.2. The molecule has 0 amide bonds. The topological polar surface area (TPSA) is 94.8 Å². The molecule has 8 atom stereocenters. The number of hydrogen-bond donors (Lipinski definition) is 3. The third kappa shape index (κ3) is 2.20. The van der Waals surface area contributed by atoms with Crippen LogP contribution >= 0.6 is 0 Å². The summed E-state index contributed by atoms with van der Waals surface area (Å²) in [7, 11) is 0. The van der Waals surface area contributed by atoms with Gasteiger partial charge in [-0.15, -0.1) is 0 Å². The second-order valence-corrected chi connectivity index (χ2v) is 9.99. The van der Waals surface area contributed by atoms with Crippen LogP contribution in [-0.4, -0.2) is 45.2 Å². The molecule has 0 aromatic rings. The number of hydrogen-bond acceptors (Lipinski definition) is 5. The molecule has 5 nitrogen and oxygen atoms in total. The number of fused-ring (bicyclic) bond motifs is 5. The fourth-order valence-corrected chi connectivity index (χ4v) is 7.60. The Morgan fingerprint density at radius 3 is 2.58 bits per heavy atom. The highest BCUT2D eigenvalue weighted by molar-refractivity contribution is 5.86. The first kappa shape index (κ1) is 18.6. The highest BCUT2D eigenvalue weighted by Crippen LogP contribution is 2.67. The maximum atomic E-state index is 13.4. The molecular weight excluding hydrogens is 332 g/mol. The summed E-state index contributed by atoms with van der Waals surface area (Å²) in [5, 5.41) is 31.0. The molecule has 0 radical (unpaired) electrons. The lowest BCUT2D eigenvalue weighted by Crippen LogP contribution is -2.63. The Morgan fingerprint density at radius 2 is 1.88 bits per heavy atom. The van der Waals surface area contributed by atoms with Crippen molar-refractivity contribution in [2.45, 2.75) is 76.9 Å². The quantitative estimate of drug-likeness (QED) is 0.695. The van der Waals surface area contributed by atoms with Gasteiger partial charge < -0.3 is 15.3 Å². The Labute approximate surface area is 155 Å². The molecule has 0 aliphatic heterocycles. The minimum Gasteiger partial charge on any atom is -0.394 e. The van der Waals surface area contributed by atoms with Crippen molar-refractivity contribution in [3.05, 3.63) is 0 Å². The molecule has 4 rings (SSSR count). The van der Waals surface area contributed by atoms with Crippen molar-refractivity contribution in [3.63, 3.8) is 0 Å². The van der Waals surface area contributed by atoms with Gasteiger partial charge in [0.25, 0.3) is 0 Å². The Hall–Kier alpha value is -0.780. The summed E-state index contributed by atoms with van der Waals surface area (Å²) in [4.78, 5) is 25.3. The molecule has 0 saturated heterocycles. The van der Waals surface area contributed by atoms with E-state index in [0.29, 0.717) is 31.0 Å². The number of aliphatic hydroxyl groups is 3. The van der Waals surface area contributed by atoms with Gasteiger partial charge in [-0.1, -0.05) is 13.8 Å². The second-order valence-electron chi connectivity index (χ2n) is 9.99. The minimum atomic E-state index is -1.40. The molecule has 4 aliphatic carbocycles. The summed E-state index contributed by atoms with van der Waals surface area (Å²) < 4.78 is 0. The lowest BCUT2D eigenvalue weighted by Gasteiger charge is -2.60. The highest BCUT2D eigenvalue weighted by atomic mass is 16.4. The summed E-state index contributed by atoms with van der Waals surface area (Å²) in [5.41, 5.74) is -2.18. The zero-order valence-electron chi connectivity index (χ0n) is 15.9. The average Bonchev–Trinajstić information content (AvgIpc) is 2.86. The van der Waals surface area contributed by atoms with Gasteiger partial charge in [-0.25, -0.2) is 0 Å². The summed E-state index contributed by atoms with van der Waals surface area (Å²) in [6, 6.07) is 0. The summed E-state index contributed by atoms with van der Waals surface area (Å²) in [5.74, 6) is 1.21. The summed E-state index contributed by atoms with van der Waals surface area (Å²) >= 11 is 0. The van der Waals surface area contributed by atoms with Crippen molar-refractivity contribution in [3.8, 4) is 0 Å². The maximum absolute atomic E-state index is 13.4. The number of rotatable bonds is 2. The van der Waals surface area contributed by atoms with Crippen LogP contribution in [0.1, 0.15) is 65.2 Å². The van der Waals surface area contributed by atoms with Crippen molar-refractivity contribution in [1.29, 1.82) is 0 Å². The molecule has 1 unspecified atom stereocenters. The van der Waals surface area contributed by atoms with E-state index in [2.05, 4.69) is 6.92 Å². The first-order valence-electron chi connectivity index (χ1n) is 10.2. The summed E-state index contributed by atoms with van der Waals surface area (Å²) in [6.07, 6.45) is 4.18. The van der Waals surface area contributed by atoms with Crippen molar-refractivity contribution >= 4 is 11.6 Å². The van der Waals surface area contributed by atoms with Gasteiger partial charge in [0.1, 0.15) is 17.7 Å².